The molecule has 0 aromatic carbocycles. The van der Waals surface area contributed by atoms with E-state index in [2.05, 4.69) is 26.2 Å². The number of aromatic nitrogens is 3. The average molecular weight is 307 g/mol. The van der Waals surface area contributed by atoms with E-state index in [-0.39, 0.29) is 6.54 Å². The predicted octanol–water partition coefficient (Wildman–Crippen LogP) is 1.61. The lowest BCUT2D eigenvalue weighted by Gasteiger charge is -2.33. The third-order valence-corrected chi connectivity index (χ3v) is 3.70. The van der Waals surface area contributed by atoms with E-state index in [9.17, 15) is 9.18 Å². The Bertz CT molecular complexity index is 439. The fourth-order valence-corrected chi connectivity index (χ4v) is 2.23. The highest BCUT2D eigenvalue weighted by atomic mass is 79.9. The first-order chi connectivity index (χ1) is 8.00. The van der Waals surface area contributed by atoms with Crippen molar-refractivity contribution < 1.29 is 14.3 Å². The summed E-state index contributed by atoms with van der Waals surface area (Å²) in [4.78, 5) is 11.8. The minimum absolute atomic E-state index is 0.114. The van der Waals surface area contributed by atoms with Crippen LogP contribution < -0.4 is 0 Å². The predicted molar refractivity (Wildman–Crippen MR) is 60.6 cm³/mol. The summed E-state index contributed by atoms with van der Waals surface area (Å²) in [6, 6.07) is -0.440. The Morgan fingerprint density at radius 2 is 2.35 bits per heavy atom. The SMILES string of the molecule is Cc1c(Br)nnn1[C@@H]1CCN(C(=O)O)C[C@@H]1F. The first kappa shape index (κ1) is 12.3. The summed E-state index contributed by atoms with van der Waals surface area (Å²) in [6.07, 6.45) is -1.93. The lowest BCUT2D eigenvalue weighted by Crippen LogP contribution is -2.45. The third kappa shape index (κ3) is 2.26. The summed E-state index contributed by atoms with van der Waals surface area (Å²) in [5.41, 5.74) is 0.751. The van der Waals surface area contributed by atoms with Crippen LogP contribution in [-0.4, -0.2) is 50.4 Å². The van der Waals surface area contributed by atoms with Crippen LogP contribution in [0.5, 0.6) is 0 Å². The van der Waals surface area contributed by atoms with Gasteiger partial charge in [0.05, 0.1) is 18.3 Å². The van der Waals surface area contributed by atoms with Gasteiger partial charge < -0.3 is 10.0 Å². The fourth-order valence-electron chi connectivity index (χ4n) is 1.98. The zero-order valence-corrected chi connectivity index (χ0v) is 10.8. The average Bonchev–Trinajstić information content (AvgIpc) is 2.60. The molecule has 94 valence electrons. The maximum atomic E-state index is 13.9. The van der Waals surface area contributed by atoms with E-state index in [0.29, 0.717) is 17.6 Å². The minimum atomic E-state index is -1.26. The lowest BCUT2D eigenvalue weighted by molar-refractivity contribution is 0.0741. The topological polar surface area (TPSA) is 71.2 Å². The molecule has 2 atom stereocenters. The van der Waals surface area contributed by atoms with Gasteiger partial charge in [-0.25, -0.2) is 13.9 Å². The Morgan fingerprint density at radius 3 is 2.82 bits per heavy atom. The summed E-state index contributed by atoms with van der Waals surface area (Å²) in [5.74, 6) is 0. The first-order valence-electron chi connectivity index (χ1n) is 5.20. The fraction of sp³-hybridized carbons (Fsp3) is 0.667. The van der Waals surface area contributed by atoms with E-state index >= 15 is 0 Å². The van der Waals surface area contributed by atoms with Crippen molar-refractivity contribution >= 4 is 22.0 Å². The van der Waals surface area contributed by atoms with E-state index in [0.717, 1.165) is 10.6 Å². The standard InChI is InChI=1S/C9H12BrFN4O2/c1-5-8(10)12-13-15(5)7-2-3-14(9(16)17)4-6(7)11/h6-7H,2-4H2,1H3,(H,16,17)/t6-,7+/m0/s1. The molecule has 1 aliphatic rings. The highest BCUT2D eigenvalue weighted by Crippen LogP contribution is 2.27. The van der Waals surface area contributed by atoms with Crippen LogP contribution in [0.1, 0.15) is 18.2 Å². The van der Waals surface area contributed by atoms with Gasteiger partial charge in [0, 0.05) is 6.54 Å². The van der Waals surface area contributed by atoms with Crippen LogP contribution in [0.25, 0.3) is 0 Å². The Morgan fingerprint density at radius 1 is 1.65 bits per heavy atom. The number of nitrogens with zero attached hydrogens (tertiary/aromatic N) is 4. The molecule has 1 N–H and O–H groups in total. The quantitative estimate of drug-likeness (QED) is 0.855. The van der Waals surface area contributed by atoms with E-state index < -0.39 is 18.3 Å². The van der Waals surface area contributed by atoms with Crippen LogP contribution in [0, 0.1) is 6.92 Å². The van der Waals surface area contributed by atoms with Crippen molar-refractivity contribution in [3.05, 3.63) is 10.3 Å². The van der Waals surface area contributed by atoms with Crippen molar-refractivity contribution in [2.75, 3.05) is 13.1 Å². The van der Waals surface area contributed by atoms with Gasteiger partial charge in [-0.15, -0.1) is 5.10 Å². The summed E-state index contributed by atoms with van der Waals surface area (Å²) >= 11 is 3.22. The van der Waals surface area contributed by atoms with Crippen LogP contribution in [0.15, 0.2) is 4.60 Å². The summed E-state index contributed by atoms with van der Waals surface area (Å²) in [5, 5.41) is 16.5. The minimum Gasteiger partial charge on any atom is -0.465 e. The molecule has 0 unspecified atom stereocenters. The number of halogens is 2. The van der Waals surface area contributed by atoms with E-state index in [1.54, 1.807) is 6.92 Å². The van der Waals surface area contributed by atoms with Crippen LogP contribution >= 0.6 is 15.9 Å². The van der Waals surface area contributed by atoms with Gasteiger partial charge in [-0.1, -0.05) is 5.21 Å². The molecule has 1 saturated heterocycles. The highest BCUT2D eigenvalue weighted by Gasteiger charge is 2.34. The zero-order chi connectivity index (χ0) is 12.6. The van der Waals surface area contributed by atoms with Crippen molar-refractivity contribution in [2.45, 2.75) is 25.6 Å². The molecule has 0 spiro atoms. The van der Waals surface area contributed by atoms with E-state index in [4.69, 9.17) is 5.11 Å². The molecule has 1 fully saturated rings. The van der Waals surface area contributed by atoms with E-state index in [1.165, 1.54) is 4.68 Å². The molecule has 0 aliphatic carbocycles. The summed E-state index contributed by atoms with van der Waals surface area (Å²) < 4.78 is 16.0. The van der Waals surface area contributed by atoms with Crippen molar-refractivity contribution in [3.8, 4) is 0 Å². The normalized spacial score (nSPS) is 25.0. The van der Waals surface area contributed by atoms with Gasteiger partial charge in [0.1, 0.15) is 6.17 Å². The Balaban J connectivity index is 2.15. The summed E-state index contributed by atoms with van der Waals surface area (Å²) in [7, 11) is 0. The van der Waals surface area contributed by atoms with Gasteiger partial charge in [0.15, 0.2) is 4.60 Å². The van der Waals surface area contributed by atoms with Crippen molar-refractivity contribution in [2.24, 2.45) is 0 Å². The Labute approximate surface area is 106 Å². The van der Waals surface area contributed by atoms with Gasteiger partial charge in [0.2, 0.25) is 0 Å². The number of carboxylic acid groups (broad SMARTS) is 1. The Hall–Kier alpha value is -1.18. The zero-order valence-electron chi connectivity index (χ0n) is 9.18. The number of amides is 1. The van der Waals surface area contributed by atoms with Crippen LogP contribution in [-0.2, 0) is 0 Å². The molecule has 0 bridgehead atoms. The van der Waals surface area contributed by atoms with Crippen LogP contribution in [0.3, 0.4) is 0 Å². The number of rotatable bonds is 1. The first-order valence-corrected chi connectivity index (χ1v) is 5.99. The smallest absolute Gasteiger partial charge is 0.407 e. The molecular weight excluding hydrogens is 295 g/mol. The maximum absolute atomic E-state index is 13.9. The molecule has 6 nitrogen and oxygen atoms in total. The molecule has 2 rings (SSSR count). The molecule has 17 heavy (non-hydrogen) atoms. The number of hydrogen-bond donors (Lipinski definition) is 1. The molecule has 1 aromatic rings. The van der Waals surface area contributed by atoms with Crippen LogP contribution in [0.4, 0.5) is 9.18 Å². The molecule has 1 amide bonds. The summed E-state index contributed by atoms with van der Waals surface area (Å²) in [6.45, 7) is 1.99. The lowest BCUT2D eigenvalue weighted by atomic mass is 10.0. The largest absolute Gasteiger partial charge is 0.465 e. The number of piperidine rings is 1. The monoisotopic (exact) mass is 306 g/mol. The maximum Gasteiger partial charge on any atom is 0.407 e. The third-order valence-electron chi connectivity index (χ3n) is 2.96. The Kier molecular flexibility index (Phi) is 3.32. The molecule has 2 heterocycles. The van der Waals surface area contributed by atoms with Gasteiger partial charge in [-0.3, -0.25) is 0 Å². The molecular formula is C9H12BrFN4O2. The van der Waals surface area contributed by atoms with Crippen LogP contribution in [0.2, 0.25) is 0 Å². The molecule has 1 aromatic heterocycles. The van der Waals surface area contributed by atoms with Crippen molar-refractivity contribution in [1.29, 1.82) is 0 Å². The van der Waals surface area contributed by atoms with E-state index in [1.807, 2.05) is 0 Å². The second-order valence-electron chi connectivity index (χ2n) is 4.01. The number of likely N-dealkylation sites (tertiary alicyclic amines) is 1. The second-order valence-corrected chi connectivity index (χ2v) is 4.76. The highest BCUT2D eigenvalue weighted by molar-refractivity contribution is 9.10. The number of carbonyl (C=O) groups is 1. The molecule has 0 radical (unpaired) electrons. The van der Waals surface area contributed by atoms with Gasteiger partial charge >= 0.3 is 6.09 Å². The van der Waals surface area contributed by atoms with Gasteiger partial charge in [-0.05, 0) is 29.3 Å². The van der Waals surface area contributed by atoms with Crippen molar-refractivity contribution in [3.63, 3.8) is 0 Å². The molecule has 0 saturated carbocycles. The van der Waals surface area contributed by atoms with Gasteiger partial charge in [-0.2, -0.15) is 0 Å². The number of alkyl halides is 1. The van der Waals surface area contributed by atoms with Gasteiger partial charge in [0.25, 0.3) is 0 Å². The molecule has 1 aliphatic heterocycles. The number of hydrogen-bond acceptors (Lipinski definition) is 3. The molecule has 8 heteroatoms. The second kappa shape index (κ2) is 4.59. The van der Waals surface area contributed by atoms with Crippen molar-refractivity contribution in [1.82, 2.24) is 19.9 Å².